The van der Waals surface area contributed by atoms with Gasteiger partial charge in [-0.25, -0.2) is 4.98 Å². The molecule has 3 aromatic heterocycles. The Kier molecular flexibility index (Phi) is 5.48. The summed E-state index contributed by atoms with van der Waals surface area (Å²) in [7, 11) is 0. The molecule has 1 aliphatic heterocycles. The van der Waals surface area contributed by atoms with Crippen LogP contribution in [0.25, 0.3) is 5.65 Å². The van der Waals surface area contributed by atoms with Crippen molar-refractivity contribution in [1.29, 1.82) is 0 Å². The summed E-state index contributed by atoms with van der Waals surface area (Å²) in [6, 6.07) is 7.09. The number of nitrogens with zero attached hydrogens (tertiary/aromatic N) is 5. The zero-order chi connectivity index (χ0) is 21.3. The molecule has 1 saturated heterocycles. The molecule has 8 heteroatoms. The zero-order valence-electron chi connectivity index (χ0n) is 17.7. The summed E-state index contributed by atoms with van der Waals surface area (Å²) in [5, 5.41) is 0. The average Bonchev–Trinajstić information content (AvgIpc) is 3.42. The van der Waals surface area contributed by atoms with Crippen LogP contribution in [-0.2, 0) is 0 Å². The third-order valence-corrected chi connectivity index (χ3v) is 5.66. The fourth-order valence-corrected chi connectivity index (χ4v) is 4.03. The number of furan rings is 1. The molecule has 4 rings (SSSR count). The van der Waals surface area contributed by atoms with Gasteiger partial charge in [-0.3, -0.25) is 14.0 Å². The van der Waals surface area contributed by atoms with Crippen LogP contribution >= 0.6 is 0 Å². The summed E-state index contributed by atoms with van der Waals surface area (Å²) in [5.74, 6) is 1.20. The normalized spacial score (nSPS) is 14.4. The quantitative estimate of drug-likeness (QED) is 0.648. The summed E-state index contributed by atoms with van der Waals surface area (Å²) in [4.78, 5) is 36.0. The van der Waals surface area contributed by atoms with Crippen LogP contribution in [0.2, 0.25) is 0 Å². The van der Waals surface area contributed by atoms with E-state index in [1.165, 1.54) is 6.26 Å². The molecule has 0 aromatic carbocycles. The number of anilines is 1. The molecule has 3 aromatic rings. The predicted molar refractivity (Wildman–Crippen MR) is 114 cm³/mol. The van der Waals surface area contributed by atoms with Crippen molar-refractivity contribution >= 4 is 23.3 Å². The number of imidazole rings is 1. The zero-order valence-corrected chi connectivity index (χ0v) is 17.7. The first-order valence-electron chi connectivity index (χ1n) is 10.4. The molecule has 30 heavy (non-hydrogen) atoms. The van der Waals surface area contributed by atoms with Gasteiger partial charge in [0.05, 0.1) is 17.5 Å². The van der Waals surface area contributed by atoms with Crippen LogP contribution in [-0.4, -0.2) is 70.3 Å². The van der Waals surface area contributed by atoms with E-state index >= 15 is 0 Å². The number of fused-ring (bicyclic) bond motifs is 1. The third-order valence-electron chi connectivity index (χ3n) is 5.66. The SMILES string of the molecule is CCN(CC)c1c(C)nc2ccc(C(=O)N3CCN(C(=O)c4ccco4)CC3)cn12. The summed E-state index contributed by atoms with van der Waals surface area (Å²) in [6.07, 6.45) is 3.37. The van der Waals surface area contributed by atoms with E-state index in [9.17, 15) is 9.59 Å². The van der Waals surface area contributed by atoms with Gasteiger partial charge in [0.1, 0.15) is 11.5 Å². The number of carbonyl (C=O) groups is 2. The molecule has 0 atom stereocenters. The second-order valence-corrected chi connectivity index (χ2v) is 7.40. The maximum atomic E-state index is 13.1. The number of aryl methyl sites for hydroxylation is 1. The highest BCUT2D eigenvalue weighted by atomic mass is 16.3. The Balaban J connectivity index is 1.51. The Morgan fingerprint density at radius 3 is 2.30 bits per heavy atom. The van der Waals surface area contributed by atoms with E-state index < -0.39 is 0 Å². The molecule has 0 saturated carbocycles. The number of piperazine rings is 1. The Morgan fingerprint density at radius 2 is 1.70 bits per heavy atom. The second-order valence-electron chi connectivity index (χ2n) is 7.40. The lowest BCUT2D eigenvalue weighted by molar-refractivity contribution is 0.0518. The van der Waals surface area contributed by atoms with E-state index in [1.54, 1.807) is 21.9 Å². The predicted octanol–water partition coefficient (Wildman–Crippen LogP) is 2.68. The topological polar surface area (TPSA) is 74.3 Å². The van der Waals surface area contributed by atoms with E-state index in [0.717, 1.165) is 30.2 Å². The fourth-order valence-electron chi connectivity index (χ4n) is 4.03. The summed E-state index contributed by atoms with van der Waals surface area (Å²) < 4.78 is 7.21. The number of amides is 2. The number of hydrogen-bond donors (Lipinski definition) is 0. The van der Waals surface area contributed by atoms with Gasteiger partial charge in [-0.15, -0.1) is 0 Å². The lowest BCUT2D eigenvalue weighted by Crippen LogP contribution is -2.50. The Bertz CT molecular complexity index is 1040. The van der Waals surface area contributed by atoms with Crippen molar-refractivity contribution in [1.82, 2.24) is 19.2 Å². The van der Waals surface area contributed by atoms with Crippen LogP contribution in [0.5, 0.6) is 0 Å². The monoisotopic (exact) mass is 409 g/mol. The van der Waals surface area contributed by atoms with E-state index in [1.807, 2.05) is 29.7 Å². The highest BCUT2D eigenvalue weighted by molar-refractivity contribution is 5.95. The van der Waals surface area contributed by atoms with E-state index in [-0.39, 0.29) is 11.8 Å². The van der Waals surface area contributed by atoms with Gasteiger partial charge in [0.15, 0.2) is 5.76 Å². The summed E-state index contributed by atoms with van der Waals surface area (Å²) in [5.41, 5.74) is 2.41. The van der Waals surface area contributed by atoms with Crippen molar-refractivity contribution in [3.8, 4) is 0 Å². The Hall–Kier alpha value is -3.29. The van der Waals surface area contributed by atoms with Crippen molar-refractivity contribution in [2.75, 3.05) is 44.2 Å². The first kappa shape index (κ1) is 20.0. The standard InChI is InChI=1S/C22H27N5O3/c1-4-24(5-2)20-16(3)23-19-9-8-17(15-27(19)20)21(28)25-10-12-26(13-11-25)22(29)18-7-6-14-30-18/h6-9,14-15H,4-5,10-13H2,1-3H3. The van der Waals surface area contributed by atoms with Gasteiger partial charge in [0, 0.05) is 45.5 Å². The molecule has 0 N–H and O–H groups in total. The molecule has 8 nitrogen and oxygen atoms in total. The van der Waals surface area contributed by atoms with Gasteiger partial charge in [0.25, 0.3) is 11.8 Å². The van der Waals surface area contributed by atoms with Gasteiger partial charge >= 0.3 is 0 Å². The van der Waals surface area contributed by atoms with Gasteiger partial charge < -0.3 is 19.1 Å². The van der Waals surface area contributed by atoms with Gasteiger partial charge in [-0.05, 0) is 45.0 Å². The summed E-state index contributed by atoms with van der Waals surface area (Å²) >= 11 is 0. The highest BCUT2D eigenvalue weighted by Gasteiger charge is 2.27. The third kappa shape index (κ3) is 3.53. The van der Waals surface area contributed by atoms with Crippen LogP contribution in [0.1, 0.15) is 40.5 Å². The maximum Gasteiger partial charge on any atom is 0.289 e. The molecule has 158 valence electrons. The molecular formula is C22H27N5O3. The van der Waals surface area contributed by atoms with Crippen molar-refractivity contribution in [3.05, 3.63) is 53.7 Å². The van der Waals surface area contributed by atoms with Crippen LogP contribution in [0.4, 0.5) is 5.82 Å². The van der Waals surface area contributed by atoms with E-state index in [4.69, 9.17) is 4.42 Å². The van der Waals surface area contributed by atoms with Gasteiger partial charge in [-0.1, -0.05) is 0 Å². The van der Waals surface area contributed by atoms with Crippen molar-refractivity contribution in [2.45, 2.75) is 20.8 Å². The lowest BCUT2D eigenvalue weighted by Gasteiger charge is -2.34. The fraction of sp³-hybridized carbons (Fsp3) is 0.409. The Labute approximate surface area is 175 Å². The van der Waals surface area contributed by atoms with Crippen LogP contribution in [0, 0.1) is 6.92 Å². The average molecular weight is 409 g/mol. The minimum atomic E-state index is -0.133. The lowest BCUT2D eigenvalue weighted by atomic mass is 10.2. The maximum absolute atomic E-state index is 13.1. The molecule has 1 aliphatic rings. The molecule has 0 aliphatic carbocycles. The number of pyridine rings is 1. The molecule has 0 radical (unpaired) electrons. The first-order valence-corrected chi connectivity index (χ1v) is 10.4. The molecule has 0 spiro atoms. The number of rotatable bonds is 5. The highest BCUT2D eigenvalue weighted by Crippen LogP contribution is 2.23. The van der Waals surface area contributed by atoms with E-state index in [2.05, 4.69) is 23.7 Å². The minimum absolute atomic E-state index is 0.0288. The van der Waals surface area contributed by atoms with Crippen molar-refractivity contribution < 1.29 is 14.0 Å². The molecule has 0 bridgehead atoms. The molecule has 0 unspecified atom stereocenters. The summed E-state index contributed by atoms with van der Waals surface area (Å²) in [6.45, 7) is 9.93. The molecule has 4 heterocycles. The van der Waals surface area contributed by atoms with Gasteiger partial charge in [-0.2, -0.15) is 0 Å². The van der Waals surface area contributed by atoms with Gasteiger partial charge in [0.2, 0.25) is 0 Å². The van der Waals surface area contributed by atoms with Crippen LogP contribution < -0.4 is 4.90 Å². The van der Waals surface area contributed by atoms with Crippen LogP contribution in [0.15, 0.2) is 41.1 Å². The smallest absolute Gasteiger partial charge is 0.289 e. The van der Waals surface area contributed by atoms with E-state index in [0.29, 0.717) is 37.5 Å². The number of carbonyl (C=O) groups excluding carboxylic acids is 2. The minimum Gasteiger partial charge on any atom is -0.459 e. The largest absolute Gasteiger partial charge is 0.459 e. The second kappa shape index (κ2) is 8.22. The molecular weight excluding hydrogens is 382 g/mol. The first-order chi connectivity index (χ1) is 14.5. The molecule has 1 fully saturated rings. The van der Waals surface area contributed by atoms with Crippen LogP contribution in [0.3, 0.4) is 0 Å². The van der Waals surface area contributed by atoms with Crippen molar-refractivity contribution in [3.63, 3.8) is 0 Å². The Morgan fingerprint density at radius 1 is 1.03 bits per heavy atom. The number of hydrogen-bond acceptors (Lipinski definition) is 5. The number of aromatic nitrogens is 2. The van der Waals surface area contributed by atoms with Crippen molar-refractivity contribution in [2.24, 2.45) is 0 Å². The molecule has 2 amide bonds.